The van der Waals surface area contributed by atoms with Gasteiger partial charge in [0.05, 0.1) is 18.2 Å². The Hall–Kier alpha value is -3.62. The van der Waals surface area contributed by atoms with E-state index in [9.17, 15) is 26.7 Å². The lowest BCUT2D eigenvalue weighted by Crippen LogP contribution is -2.39. The van der Waals surface area contributed by atoms with Crippen LogP contribution < -0.4 is 4.74 Å². The Morgan fingerprint density at radius 2 is 1.73 bits per heavy atom. The summed E-state index contributed by atoms with van der Waals surface area (Å²) in [5, 5.41) is 0. The number of amides is 1. The van der Waals surface area contributed by atoms with Gasteiger partial charge in [0.15, 0.2) is 0 Å². The molecule has 4 nitrogen and oxygen atoms in total. The fourth-order valence-corrected chi connectivity index (χ4v) is 4.45. The largest absolute Gasteiger partial charge is 0.496 e. The first-order valence-corrected chi connectivity index (χ1v) is 11.8. The van der Waals surface area contributed by atoms with Gasteiger partial charge >= 0.3 is 12.3 Å². The second-order valence-electron chi connectivity index (χ2n) is 9.20. The van der Waals surface area contributed by atoms with E-state index in [1.807, 2.05) is 26.0 Å². The van der Waals surface area contributed by atoms with Crippen LogP contribution in [0.1, 0.15) is 54.5 Å². The van der Waals surface area contributed by atoms with Crippen LogP contribution in [0.5, 0.6) is 5.75 Å². The Morgan fingerprint density at radius 3 is 2.32 bits per heavy atom. The maximum atomic E-state index is 14.2. The number of cyclic esters (lactones) is 1. The van der Waals surface area contributed by atoms with Crippen LogP contribution in [0.3, 0.4) is 0 Å². The van der Waals surface area contributed by atoms with Gasteiger partial charge in [-0.15, -0.1) is 0 Å². The molecular weight excluding hydrogens is 493 g/mol. The molecule has 1 aliphatic rings. The fraction of sp³-hybridized carbons (Fsp3) is 0.321. The number of alkyl halides is 3. The Bertz CT molecular complexity index is 1290. The number of carbonyl (C=O) groups excluding carboxylic acids is 1. The van der Waals surface area contributed by atoms with Crippen molar-refractivity contribution in [2.75, 3.05) is 13.7 Å². The number of methoxy groups -OCH3 is 1. The molecule has 0 saturated carbocycles. The first-order valence-electron chi connectivity index (χ1n) is 11.8. The Morgan fingerprint density at radius 1 is 1.03 bits per heavy atom. The lowest BCUT2D eigenvalue weighted by molar-refractivity contribution is -0.137. The van der Waals surface area contributed by atoms with E-state index in [0.29, 0.717) is 16.9 Å². The molecular formula is C28H26F5NO3. The second kappa shape index (κ2) is 10.4. The number of halogens is 5. The van der Waals surface area contributed by atoms with E-state index in [-0.39, 0.29) is 36.6 Å². The number of ether oxygens (including phenoxy) is 2. The molecule has 1 heterocycles. The summed E-state index contributed by atoms with van der Waals surface area (Å²) < 4.78 is 80.0. The van der Waals surface area contributed by atoms with Gasteiger partial charge in [0.25, 0.3) is 0 Å². The molecule has 0 unspecified atom stereocenters. The first kappa shape index (κ1) is 26.4. The topological polar surface area (TPSA) is 38.8 Å². The van der Waals surface area contributed by atoms with Crippen molar-refractivity contribution in [1.29, 1.82) is 0 Å². The van der Waals surface area contributed by atoms with Gasteiger partial charge in [0.2, 0.25) is 0 Å². The summed E-state index contributed by atoms with van der Waals surface area (Å²) >= 11 is 0. The lowest BCUT2D eigenvalue weighted by Gasteiger charge is -2.33. The molecule has 0 spiro atoms. The lowest BCUT2D eigenvalue weighted by atomic mass is 9.92. The zero-order valence-electron chi connectivity index (χ0n) is 20.5. The molecule has 1 aliphatic heterocycles. The highest BCUT2D eigenvalue weighted by atomic mass is 19.4. The maximum absolute atomic E-state index is 14.2. The van der Waals surface area contributed by atoms with Crippen LogP contribution in [-0.2, 0) is 17.5 Å². The van der Waals surface area contributed by atoms with Crippen molar-refractivity contribution in [3.8, 4) is 16.9 Å². The van der Waals surface area contributed by atoms with Crippen LogP contribution in [0.15, 0.2) is 54.6 Å². The number of rotatable bonds is 6. The predicted molar refractivity (Wildman–Crippen MR) is 128 cm³/mol. The maximum Gasteiger partial charge on any atom is 0.416 e. The van der Waals surface area contributed by atoms with Gasteiger partial charge in [-0.05, 0) is 59.0 Å². The van der Waals surface area contributed by atoms with Gasteiger partial charge in [-0.3, -0.25) is 0 Å². The summed E-state index contributed by atoms with van der Waals surface area (Å²) in [4.78, 5) is 14.0. The van der Waals surface area contributed by atoms with Gasteiger partial charge in [-0.2, -0.15) is 13.2 Å². The Kier molecular flexibility index (Phi) is 7.43. The summed E-state index contributed by atoms with van der Waals surface area (Å²) in [5.74, 6) is -1.02. The van der Waals surface area contributed by atoms with Crippen LogP contribution in [0.25, 0.3) is 11.1 Å². The summed E-state index contributed by atoms with van der Waals surface area (Å²) in [6, 6.07) is 12.2. The van der Waals surface area contributed by atoms with Crippen LogP contribution in [0.4, 0.5) is 26.7 Å². The van der Waals surface area contributed by atoms with E-state index in [2.05, 4.69) is 0 Å². The van der Waals surface area contributed by atoms with Crippen LogP contribution in [-0.4, -0.2) is 24.6 Å². The average molecular weight is 520 g/mol. The number of hydrogen-bond acceptors (Lipinski definition) is 3. The van der Waals surface area contributed by atoms with E-state index < -0.39 is 35.6 Å². The Balaban J connectivity index is 1.69. The molecule has 1 fully saturated rings. The molecule has 0 bridgehead atoms. The van der Waals surface area contributed by atoms with Crippen molar-refractivity contribution in [3.63, 3.8) is 0 Å². The van der Waals surface area contributed by atoms with Crippen molar-refractivity contribution >= 4 is 6.09 Å². The third kappa shape index (κ3) is 5.55. The van der Waals surface area contributed by atoms with Crippen LogP contribution in [0, 0.1) is 11.6 Å². The predicted octanol–water partition coefficient (Wildman–Crippen LogP) is 7.87. The number of carbonyl (C=O) groups is 1. The highest BCUT2D eigenvalue weighted by molar-refractivity contribution is 5.76. The SMILES string of the molecule is COc1ccc(C(C)C)cc1-c1ccc(C(F)(F)F)cc1CN1CC[C@@H](c2c(F)cccc2F)OC1=O. The standard InChI is InChI=1S/C28H26F5NO3/c1-16(2)17-7-10-24(36-3)21(14-17)20-9-8-19(28(31,32)33)13-18(20)15-34-12-11-25(37-27(34)35)26-22(29)5-4-6-23(26)30/h4-10,13-14,16,25H,11-12,15H2,1-3H3/t25-/m0/s1. The summed E-state index contributed by atoms with van der Waals surface area (Å²) in [5.41, 5.74) is 1.07. The highest BCUT2D eigenvalue weighted by Gasteiger charge is 2.34. The van der Waals surface area contributed by atoms with Crippen molar-refractivity contribution in [2.45, 2.75) is 45.0 Å². The Labute approximate surface area is 211 Å². The third-order valence-electron chi connectivity index (χ3n) is 6.46. The summed E-state index contributed by atoms with van der Waals surface area (Å²) in [7, 11) is 1.47. The minimum atomic E-state index is -4.59. The average Bonchev–Trinajstić information content (AvgIpc) is 2.84. The second-order valence-corrected chi connectivity index (χ2v) is 9.20. The molecule has 1 amide bonds. The molecule has 9 heteroatoms. The van der Waals surface area contributed by atoms with Gasteiger partial charge in [0.1, 0.15) is 23.5 Å². The minimum absolute atomic E-state index is 0.0378. The zero-order valence-corrected chi connectivity index (χ0v) is 20.5. The van der Waals surface area contributed by atoms with E-state index in [4.69, 9.17) is 9.47 Å². The van der Waals surface area contributed by atoms with E-state index >= 15 is 0 Å². The molecule has 3 aromatic carbocycles. The van der Waals surface area contributed by atoms with Crippen molar-refractivity contribution in [3.05, 3.63) is 88.5 Å². The molecule has 37 heavy (non-hydrogen) atoms. The molecule has 196 valence electrons. The van der Waals surface area contributed by atoms with Crippen LogP contribution >= 0.6 is 0 Å². The molecule has 3 aromatic rings. The summed E-state index contributed by atoms with van der Waals surface area (Å²) in [6.45, 7) is 3.84. The summed E-state index contributed by atoms with van der Waals surface area (Å²) in [6.07, 6.45) is -6.52. The van der Waals surface area contributed by atoms with E-state index in [1.165, 1.54) is 24.1 Å². The number of hydrogen-bond donors (Lipinski definition) is 0. The van der Waals surface area contributed by atoms with Gasteiger partial charge in [0, 0.05) is 25.1 Å². The molecule has 4 rings (SSSR count). The first-order chi connectivity index (χ1) is 17.5. The number of benzene rings is 3. The van der Waals surface area contributed by atoms with Gasteiger partial charge in [-0.25, -0.2) is 13.6 Å². The van der Waals surface area contributed by atoms with E-state index in [0.717, 1.165) is 29.8 Å². The fourth-order valence-electron chi connectivity index (χ4n) is 4.45. The van der Waals surface area contributed by atoms with Gasteiger partial charge in [-0.1, -0.05) is 32.0 Å². The van der Waals surface area contributed by atoms with Gasteiger partial charge < -0.3 is 14.4 Å². The molecule has 0 aromatic heterocycles. The zero-order chi connectivity index (χ0) is 26.9. The molecule has 0 N–H and O–H groups in total. The molecule has 1 atom stereocenters. The molecule has 0 radical (unpaired) electrons. The molecule has 1 saturated heterocycles. The van der Waals surface area contributed by atoms with Crippen LogP contribution in [0.2, 0.25) is 0 Å². The number of nitrogens with zero attached hydrogens (tertiary/aromatic N) is 1. The minimum Gasteiger partial charge on any atom is -0.496 e. The monoisotopic (exact) mass is 519 g/mol. The normalized spacial score (nSPS) is 16.2. The van der Waals surface area contributed by atoms with Crippen molar-refractivity contribution in [1.82, 2.24) is 4.90 Å². The highest BCUT2D eigenvalue weighted by Crippen LogP contribution is 2.39. The van der Waals surface area contributed by atoms with E-state index in [1.54, 1.807) is 6.07 Å². The quantitative estimate of drug-likeness (QED) is 0.311. The van der Waals surface area contributed by atoms with Crippen molar-refractivity contribution < 1.29 is 36.2 Å². The smallest absolute Gasteiger partial charge is 0.416 e. The van der Waals surface area contributed by atoms with Crippen molar-refractivity contribution in [2.24, 2.45) is 0 Å². The molecule has 0 aliphatic carbocycles. The third-order valence-corrected chi connectivity index (χ3v) is 6.46.